The van der Waals surface area contributed by atoms with Crippen LogP contribution in [0.3, 0.4) is 0 Å². The number of ether oxygens (including phenoxy) is 1. The van der Waals surface area contributed by atoms with E-state index in [0.29, 0.717) is 18.6 Å². The first-order chi connectivity index (χ1) is 14.9. The fraction of sp³-hybridized carbons (Fsp3) is 0.567. The first kappa shape index (κ1) is 24.6. The molecule has 2 heteroatoms. The molecule has 0 saturated heterocycles. The first-order valence-corrected chi connectivity index (χ1v) is 12.5. The van der Waals surface area contributed by atoms with Crippen LogP contribution in [0, 0.1) is 0 Å². The lowest BCUT2D eigenvalue weighted by molar-refractivity contribution is -0.477. The van der Waals surface area contributed by atoms with Crippen molar-refractivity contribution < 1.29 is 9.31 Å². The van der Waals surface area contributed by atoms with Gasteiger partial charge in [-0.2, -0.15) is 4.58 Å². The Morgan fingerprint density at radius 2 is 1.44 bits per heavy atom. The molecule has 1 aliphatic rings. The molecule has 0 bridgehead atoms. The van der Waals surface area contributed by atoms with Gasteiger partial charge in [-0.05, 0) is 47.1 Å². The van der Waals surface area contributed by atoms with Crippen molar-refractivity contribution in [3.05, 3.63) is 58.1 Å². The van der Waals surface area contributed by atoms with Gasteiger partial charge in [-0.3, -0.25) is 0 Å². The van der Waals surface area contributed by atoms with Crippen molar-refractivity contribution in [2.45, 2.75) is 105 Å². The third kappa shape index (κ3) is 4.51. The van der Waals surface area contributed by atoms with Gasteiger partial charge in [0.05, 0.1) is 5.56 Å². The highest BCUT2D eigenvalue weighted by Gasteiger charge is 2.33. The third-order valence-electron chi connectivity index (χ3n) is 7.67. The average molecular weight is 435 g/mol. The summed E-state index contributed by atoms with van der Waals surface area (Å²) in [7, 11) is 0. The number of para-hydroxylation sites is 1. The van der Waals surface area contributed by atoms with Crippen LogP contribution in [-0.4, -0.2) is 17.5 Å². The van der Waals surface area contributed by atoms with Gasteiger partial charge >= 0.3 is 0 Å². The van der Waals surface area contributed by atoms with Crippen molar-refractivity contribution in [1.82, 2.24) is 0 Å². The molecule has 0 radical (unpaired) electrons. The maximum atomic E-state index is 6.58. The Labute approximate surface area is 196 Å². The van der Waals surface area contributed by atoms with Crippen LogP contribution in [0.25, 0.3) is 0 Å². The number of hydrogen-bond donors (Lipinski definition) is 0. The maximum Gasteiger partial charge on any atom is 0.292 e. The van der Waals surface area contributed by atoms with Gasteiger partial charge in [0, 0.05) is 16.7 Å². The lowest BCUT2D eigenvalue weighted by atomic mass is 9.75. The summed E-state index contributed by atoms with van der Waals surface area (Å²) < 4.78 is 8.92. The Morgan fingerprint density at radius 3 is 1.94 bits per heavy atom. The molecule has 32 heavy (non-hydrogen) atoms. The Hall–Kier alpha value is -2.09. The fourth-order valence-corrected chi connectivity index (χ4v) is 4.51. The molecule has 0 fully saturated rings. The minimum atomic E-state index is 0.0683. The molecule has 0 N–H and O–H groups in total. The molecule has 2 aromatic rings. The van der Waals surface area contributed by atoms with Gasteiger partial charge in [-0.15, -0.1) is 0 Å². The average Bonchev–Trinajstić information content (AvgIpc) is 2.77. The molecule has 0 atom stereocenters. The van der Waals surface area contributed by atoms with E-state index in [9.17, 15) is 0 Å². The van der Waals surface area contributed by atoms with Crippen LogP contribution < -0.4 is 4.74 Å². The van der Waals surface area contributed by atoms with Gasteiger partial charge in [0.2, 0.25) is 5.69 Å². The monoisotopic (exact) mass is 434 g/mol. The predicted octanol–water partition coefficient (Wildman–Crippen LogP) is 8.42. The molecule has 3 rings (SSSR count). The molecule has 0 aliphatic carbocycles. The van der Waals surface area contributed by atoms with Crippen molar-refractivity contribution in [1.29, 1.82) is 0 Å². The molecule has 0 aromatic heterocycles. The SMILES string of the molecule is CCC(C)(C)c1cc2c(c(C(C)(C)CC)c1)OC[N+](c1c(C(C)C)cccc1C(C)C)=C2. The Morgan fingerprint density at radius 1 is 0.875 bits per heavy atom. The molecule has 1 heterocycles. The number of hydrogen-bond acceptors (Lipinski definition) is 1. The van der Waals surface area contributed by atoms with E-state index in [4.69, 9.17) is 4.74 Å². The topological polar surface area (TPSA) is 12.2 Å². The van der Waals surface area contributed by atoms with Crippen LogP contribution in [0.1, 0.15) is 122 Å². The van der Waals surface area contributed by atoms with Crippen molar-refractivity contribution >= 4 is 11.9 Å². The molecular formula is C30H44NO+. The number of fused-ring (bicyclic) bond motifs is 1. The van der Waals surface area contributed by atoms with E-state index in [1.54, 1.807) is 0 Å². The van der Waals surface area contributed by atoms with Gasteiger partial charge in [0.15, 0.2) is 6.21 Å². The quantitative estimate of drug-likeness (QED) is 0.398. The maximum absolute atomic E-state index is 6.58. The van der Waals surface area contributed by atoms with E-state index in [-0.39, 0.29) is 10.8 Å². The van der Waals surface area contributed by atoms with Crippen LogP contribution in [0.15, 0.2) is 30.3 Å². The smallest absolute Gasteiger partial charge is 0.292 e. The van der Waals surface area contributed by atoms with Crippen LogP contribution in [0.4, 0.5) is 5.69 Å². The Bertz CT molecular complexity index is 981. The normalized spacial score (nSPS) is 14.4. The summed E-state index contributed by atoms with van der Waals surface area (Å²) in [5, 5.41) is 0. The summed E-state index contributed by atoms with van der Waals surface area (Å²) in [5.41, 5.74) is 8.24. The second-order valence-corrected chi connectivity index (χ2v) is 11.4. The van der Waals surface area contributed by atoms with Crippen LogP contribution in [0.2, 0.25) is 0 Å². The van der Waals surface area contributed by atoms with E-state index in [1.807, 2.05) is 0 Å². The van der Waals surface area contributed by atoms with Crippen molar-refractivity contribution in [3.63, 3.8) is 0 Å². The molecule has 2 nitrogen and oxygen atoms in total. The zero-order chi connectivity index (χ0) is 23.8. The predicted molar refractivity (Wildman–Crippen MR) is 138 cm³/mol. The molecule has 1 aliphatic heterocycles. The minimum Gasteiger partial charge on any atom is -0.435 e. The van der Waals surface area contributed by atoms with Crippen LogP contribution in [0.5, 0.6) is 5.75 Å². The number of benzene rings is 2. The first-order valence-electron chi connectivity index (χ1n) is 12.5. The van der Waals surface area contributed by atoms with Crippen LogP contribution in [-0.2, 0) is 10.8 Å². The highest BCUT2D eigenvalue weighted by Crippen LogP contribution is 2.42. The largest absolute Gasteiger partial charge is 0.435 e. The Balaban J connectivity index is 2.29. The third-order valence-corrected chi connectivity index (χ3v) is 7.67. The lowest BCUT2D eigenvalue weighted by Crippen LogP contribution is -2.28. The zero-order valence-electron chi connectivity index (χ0n) is 22.1. The van der Waals surface area contributed by atoms with Crippen LogP contribution >= 0.6 is 0 Å². The summed E-state index contributed by atoms with van der Waals surface area (Å²) in [6.45, 7) is 23.6. The van der Waals surface area contributed by atoms with E-state index in [2.05, 4.69) is 110 Å². The van der Waals surface area contributed by atoms with Crippen molar-refractivity contribution in [2.75, 3.05) is 6.73 Å². The standard InChI is InChI=1S/C30H44NO/c1-11-29(7,8)23-16-22-18-31(19-32-28(22)26(17-23)30(9,10)12-2)27-24(20(3)4)14-13-15-25(27)21(5)6/h13-18,20-21H,11-12,19H2,1-10H3/q+1. The summed E-state index contributed by atoms with van der Waals surface area (Å²) in [5.74, 6) is 1.98. The lowest BCUT2D eigenvalue weighted by Gasteiger charge is -2.32. The van der Waals surface area contributed by atoms with Gasteiger partial charge in [-0.25, -0.2) is 0 Å². The molecule has 2 aromatic carbocycles. The van der Waals surface area contributed by atoms with E-state index < -0.39 is 0 Å². The number of rotatable bonds is 7. The molecule has 0 amide bonds. The molecule has 174 valence electrons. The summed E-state index contributed by atoms with van der Waals surface area (Å²) in [6, 6.07) is 11.5. The van der Waals surface area contributed by atoms with Gasteiger partial charge in [0.1, 0.15) is 5.75 Å². The van der Waals surface area contributed by atoms with E-state index in [0.717, 1.165) is 18.6 Å². The van der Waals surface area contributed by atoms with Gasteiger partial charge in [-0.1, -0.05) is 93.5 Å². The Kier molecular flexibility index (Phi) is 6.94. The van der Waals surface area contributed by atoms with E-state index >= 15 is 0 Å². The summed E-state index contributed by atoms with van der Waals surface area (Å²) in [6.07, 6.45) is 4.53. The van der Waals surface area contributed by atoms with Crippen molar-refractivity contribution in [3.8, 4) is 5.75 Å². The summed E-state index contributed by atoms with van der Waals surface area (Å²) >= 11 is 0. The highest BCUT2D eigenvalue weighted by atomic mass is 16.5. The molecular weight excluding hydrogens is 390 g/mol. The van der Waals surface area contributed by atoms with Gasteiger partial charge in [0.25, 0.3) is 6.73 Å². The molecule has 0 unspecified atom stereocenters. The van der Waals surface area contributed by atoms with Gasteiger partial charge < -0.3 is 4.74 Å². The van der Waals surface area contributed by atoms with Crippen molar-refractivity contribution in [2.24, 2.45) is 0 Å². The second kappa shape index (κ2) is 9.04. The summed E-state index contributed by atoms with van der Waals surface area (Å²) in [4.78, 5) is 0. The highest BCUT2D eigenvalue weighted by molar-refractivity contribution is 5.84. The molecule has 0 spiro atoms. The van der Waals surface area contributed by atoms with E-state index in [1.165, 1.54) is 33.5 Å². The number of nitrogens with zero attached hydrogens (tertiary/aromatic N) is 1. The molecule has 0 saturated carbocycles. The zero-order valence-corrected chi connectivity index (χ0v) is 22.1. The fourth-order valence-electron chi connectivity index (χ4n) is 4.51. The minimum absolute atomic E-state index is 0.0683. The second-order valence-electron chi connectivity index (χ2n) is 11.4.